The quantitative estimate of drug-likeness (QED) is 0.852. The molecule has 20 heavy (non-hydrogen) atoms. The number of aryl methyl sites for hydroxylation is 1. The van der Waals surface area contributed by atoms with E-state index in [4.69, 9.17) is 11.6 Å². The third kappa shape index (κ3) is 2.30. The molecule has 0 spiro atoms. The summed E-state index contributed by atoms with van der Waals surface area (Å²) < 4.78 is 27.0. The van der Waals surface area contributed by atoms with Crippen molar-refractivity contribution in [2.45, 2.75) is 17.7 Å². The second kappa shape index (κ2) is 5.11. The van der Waals surface area contributed by atoms with Crippen molar-refractivity contribution in [2.24, 2.45) is 0 Å². The molecule has 5 heteroatoms. The molecule has 0 fully saturated rings. The summed E-state index contributed by atoms with van der Waals surface area (Å²) in [6.07, 6.45) is 1.74. The Morgan fingerprint density at radius 3 is 2.65 bits per heavy atom. The van der Waals surface area contributed by atoms with Gasteiger partial charge < -0.3 is 0 Å². The van der Waals surface area contributed by atoms with E-state index in [1.807, 2.05) is 24.3 Å². The molecule has 0 radical (unpaired) electrons. The highest BCUT2D eigenvalue weighted by molar-refractivity contribution is 7.92. The zero-order valence-electron chi connectivity index (χ0n) is 10.8. The lowest BCUT2D eigenvalue weighted by atomic mass is 10.0. The van der Waals surface area contributed by atoms with Crippen molar-refractivity contribution in [3.63, 3.8) is 0 Å². The second-order valence-corrected chi connectivity index (χ2v) is 7.07. The summed E-state index contributed by atoms with van der Waals surface area (Å²) in [5.74, 6) is 0. The Hall–Kier alpha value is -1.52. The lowest BCUT2D eigenvalue weighted by Crippen LogP contribution is -2.35. The number of nitrogens with zero attached hydrogens (tertiary/aromatic N) is 1. The van der Waals surface area contributed by atoms with E-state index < -0.39 is 10.0 Å². The Labute approximate surface area is 123 Å². The molecular formula is C15H14ClNO2S. The van der Waals surface area contributed by atoms with Crippen LogP contribution in [0.3, 0.4) is 0 Å². The zero-order chi connectivity index (χ0) is 14.2. The van der Waals surface area contributed by atoms with Crippen LogP contribution in [0.15, 0.2) is 53.4 Å². The fraction of sp³-hybridized carbons (Fsp3) is 0.200. The number of rotatable bonds is 2. The molecule has 0 aromatic heterocycles. The van der Waals surface area contributed by atoms with Gasteiger partial charge in [0, 0.05) is 11.6 Å². The fourth-order valence-electron chi connectivity index (χ4n) is 2.50. The highest BCUT2D eigenvalue weighted by Crippen LogP contribution is 2.32. The van der Waals surface area contributed by atoms with E-state index in [-0.39, 0.29) is 4.90 Å². The SMILES string of the molecule is O=S(=O)(c1cccc(Cl)c1)N1CCCc2ccccc21. The molecule has 0 atom stereocenters. The lowest BCUT2D eigenvalue weighted by Gasteiger charge is -2.30. The van der Waals surface area contributed by atoms with Crippen LogP contribution in [0, 0.1) is 0 Å². The first kappa shape index (κ1) is 13.5. The summed E-state index contributed by atoms with van der Waals surface area (Å²) in [7, 11) is -3.55. The molecule has 0 N–H and O–H groups in total. The van der Waals surface area contributed by atoms with Gasteiger partial charge in [-0.15, -0.1) is 0 Å². The summed E-state index contributed by atoms with van der Waals surface area (Å²) >= 11 is 5.91. The van der Waals surface area contributed by atoms with E-state index in [0.717, 1.165) is 24.1 Å². The highest BCUT2D eigenvalue weighted by atomic mass is 35.5. The van der Waals surface area contributed by atoms with Crippen molar-refractivity contribution in [3.05, 3.63) is 59.1 Å². The molecule has 2 aromatic carbocycles. The number of halogens is 1. The fourth-order valence-corrected chi connectivity index (χ4v) is 4.35. The lowest BCUT2D eigenvalue weighted by molar-refractivity contribution is 0.586. The maximum atomic E-state index is 12.8. The van der Waals surface area contributed by atoms with Gasteiger partial charge in [-0.3, -0.25) is 4.31 Å². The van der Waals surface area contributed by atoms with Gasteiger partial charge in [0.1, 0.15) is 0 Å². The summed E-state index contributed by atoms with van der Waals surface area (Å²) in [6.45, 7) is 0.506. The van der Waals surface area contributed by atoms with Crippen molar-refractivity contribution in [2.75, 3.05) is 10.8 Å². The monoisotopic (exact) mass is 307 g/mol. The minimum absolute atomic E-state index is 0.238. The number of sulfonamides is 1. The maximum Gasteiger partial charge on any atom is 0.264 e. The molecule has 2 aromatic rings. The van der Waals surface area contributed by atoms with Crippen molar-refractivity contribution in [1.29, 1.82) is 0 Å². The molecule has 0 saturated carbocycles. The van der Waals surface area contributed by atoms with E-state index in [1.165, 1.54) is 10.4 Å². The predicted molar refractivity (Wildman–Crippen MR) is 80.7 cm³/mol. The normalized spacial score (nSPS) is 14.9. The van der Waals surface area contributed by atoms with Crippen molar-refractivity contribution in [1.82, 2.24) is 0 Å². The van der Waals surface area contributed by atoms with Crippen LogP contribution in [0.1, 0.15) is 12.0 Å². The molecule has 104 valence electrons. The van der Waals surface area contributed by atoms with E-state index in [9.17, 15) is 8.42 Å². The van der Waals surface area contributed by atoms with Gasteiger partial charge in [-0.2, -0.15) is 0 Å². The largest absolute Gasteiger partial charge is 0.266 e. The van der Waals surface area contributed by atoms with Gasteiger partial charge in [0.2, 0.25) is 0 Å². The van der Waals surface area contributed by atoms with E-state index in [0.29, 0.717) is 11.6 Å². The number of fused-ring (bicyclic) bond motifs is 1. The van der Waals surface area contributed by atoms with E-state index in [1.54, 1.807) is 18.2 Å². The first-order valence-corrected chi connectivity index (χ1v) is 8.27. The smallest absolute Gasteiger partial charge is 0.264 e. The number of benzene rings is 2. The summed E-state index contributed by atoms with van der Waals surface area (Å²) in [5.41, 5.74) is 1.85. The molecule has 1 heterocycles. The van der Waals surface area contributed by atoms with Crippen LogP contribution in [-0.4, -0.2) is 15.0 Å². The number of hydrogen-bond donors (Lipinski definition) is 0. The van der Waals surface area contributed by atoms with Gasteiger partial charge in [-0.1, -0.05) is 35.9 Å². The van der Waals surface area contributed by atoms with Crippen LogP contribution in [0.2, 0.25) is 5.02 Å². The molecule has 3 nitrogen and oxygen atoms in total. The van der Waals surface area contributed by atoms with Gasteiger partial charge >= 0.3 is 0 Å². The predicted octanol–water partition coefficient (Wildman–Crippen LogP) is 3.48. The van der Waals surface area contributed by atoms with Crippen LogP contribution in [0.5, 0.6) is 0 Å². The van der Waals surface area contributed by atoms with Gasteiger partial charge in [-0.25, -0.2) is 8.42 Å². The molecule has 1 aliphatic rings. The molecule has 1 aliphatic heterocycles. The zero-order valence-corrected chi connectivity index (χ0v) is 12.4. The average molecular weight is 308 g/mol. The molecular weight excluding hydrogens is 294 g/mol. The van der Waals surface area contributed by atoms with Crippen LogP contribution in [-0.2, 0) is 16.4 Å². The summed E-state index contributed by atoms with van der Waals surface area (Å²) in [4.78, 5) is 0.238. The topological polar surface area (TPSA) is 37.4 Å². The Morgan fingerprint density at radius 1 is 1.05 bits per heavy atom. The van der Waals surface area contributed by atoms with Gasteiger partial charge in [0.15, 0.2) is 0 Å². The molecule has 0 aliphatic carbocycles. The number of hydrogen-bond acceptors (Lipinski definition) is 2. The van der Waals surface area contributed by atoms with Gasteiger partial charge in [0.25, 0.3) is 10.0 Å². The Bertz CT molecular complexity index is 743. The maximum absolute atomic E-state index is 12.8. The third-order valence-electron chi connectivity index (χ3n) is 3.45. The third-order valence-corrected chi connectivity index (χ3v) is 5.50. The van der Waals surface area contributed by atoms with Crippen LogP contribution < -0.4 is 4.31 Å². The van der Waals surface area contributed by atoms with Crippen LogP contribution >= 0.6 is 11.6 Å². The molecule has 0 amide bonds. The Balaban J connectivity index is 2.10. The first-order chi connectivity index (χ1) is 9.59. The van der Waals surface area contributed by atoms with Gasteiger partial charge in [-0.05, 0) is 42.7 Å². The van der Waals surface area contributed by atoms with Crippen LogP contribution in [0.4, 0.5) is 5.69 Å². The Morgan fingerprint density at radius 2 is 1.85 bits per heavy atom. The number of anilines is 1. The summed E-state index contributed by atoms with van der Waals surface area (Å²) in [6, 6.07) is 14.0. The average Bonchev–Trinajstić information content (AvgIpc) is 2.46. The first-order valence-electron chi connectivity index (χ1n) is 6.45. The standard InChI is InChI=1S/C15H14ClNO2S/c16-13-7-3-8-14(11-13)20(18,19)17-10-4-6-12-5-1-2-9-15(12)17/h1-3,5,7-9,11H,4,6,10H2. The Kier molecular flexibility index (Phi) is 3.44. The van der Waals surface area contributed by atoms with Gasteiger partial charge in [0.05, 0.1) is 10.6 Å². The minimum atomic E-state index is -3.55. The van der Waals surface area contributed by atoms with Crippen molar-refractivity contribution in [3.8, 4) is 0 Å². The molecule has 0 saturated heterocycles. The number of para-hydroxylation sites is 1. The molecule has 3 rings (SSSR count). The highest BCUT2D eigenvalue weighted by Gasteiger charge is 2.28. The van der Waals surface area contributed by atoms with Crippen molar-refractivity contribution >= 4 is 27.3 Å². The molecule has 0 bridgehead atoms. The second-order valence-electron chi connectivity index (χ2n) is 4.77. The molecule has 0 unspecified atom stereocenters. The van der Waals surface area contributed by atoms with E-state index >= 15 is 0 Å². The van der Waals surface area contributed by atoms with Crippen molar-refractivity contribution < 1.29 is 8.42 Å². The minimum Gasteiger partial charge on any atom is -0.266 e. The van der Waals surface area contributed by atoms with E-state index in [2.05, 4.69) is 0 Å². The summed E-state index contributed by atoms with van der Waals surface area (Å²) in [5, 5.41) is 0.427. The van der Waals surface area contributed by atoms with Crippen LogP contribution in [0.25, 0.3) is 0 Å².